The molecule has 3 atom stereocenters. The number of rotatable bonds is 2. The Morgan fingerprint density at radius 1 is 1.46 bits per heavy atom. The van der Waals surface area contributed by atoms with Crippen LogP contribution in [-0.2, 0) is 9.59 Å². The van der Waals surface area contributed by atoms with E-state index in [4.69, 9.17) is 5.11 Å². The van der Waals surface area contributed by atoms with Crippen molar-refractivity contribution in [2.45, 2.75) is 31.3 Å². The minimum atomic E-state index is -0.815. The van der Waals surface area contributed by atoms with Gasteiger partial charge in [0.25, 0.3) is 0 Å². The summed E-state index contributed by atoms with van der Waals surface area (Å²) < 4.78 is 0. The third kappa shape index (κ3) is 0.857. The quantitative estimate of drug-likeness (QED) is 0.656. The Morgan fingerprint density at radius 3 is 2.69 bits per heavy atom. The van der Waals surface area contributed by atoms with Gasteiger partial charge in [-0.3, -0.25) is 4.79 Å². The second-order valence-corrected chi connectivity index (χ2v) is 4.27. The fourth-order valence-corrected chi connectivity index (χ4v) is 2.44. The van der Waals surface area contributed by atoms with Crippen LogP contribution in [0.3, 0.4) is 0 Å². The molecule has 70 valence electrons. The zero-order chi connectivity index (χ0) is 9.16. The number of carbonyl (C=O) groups is 2. The van der Waals surface area contributed by atoms with Crippen LogP contribution in [0.15, 0.2) is 0 Å². The lowest BCUT2D eigenvalue weighted by Gasteiger charge is -2.23. The van der Waals surface area contributed by atoms with Crippen molar-refractivity contribution in [3.63, 3.8) is 0 Å². The van der Waals surface area contributed by atoms with Crippen LogP contribution >= 0.6 is 0 Å². The van der Waals surface area contributed by atoms with Gasteiger partial charge in [-0.25, -0.2) is 4.79 Å². The van der Waals surface area contributed by atoms with E-state index in [1.807, 2.05) is 0 Å². The SMILES string of the molecule is O=C(O)C1C2CC2C(=O)N1C1CC1. The molecule has 3 unspecified atom stereocenters. The first-order valence-electron chi connectivity index (χ1n) is 4.75. The Bertz CT molecular complexity index is 297. The van der Waals surface area contributed by atoms with Crippen molar-refractivity contribution >= 4 is 11.9 Å². The smallest absolute Gasteiger partial charge is 0.326 e. The van der Waals surface area contributed by atoms with Crippen LogP contribution in [0.5, 0.6) is 0 Å². The topological polar surface area (TPSA) is 57.6 Å². The van der Waals surface area contributed by atoms with Crippen molar-refractivity contribution in [3.05, 3.63) is 0 Å². The summed E-state index contributed by atoms with van der Waals surface area (Å²) >= 11 is 0. The molecule has 2 saturated carbocycles. The second kappa shape index (κ2) is 2.05. The van der Waals surface area contributed by atoms with Gasteiger partial charge in [0.1, 0.15) is 6.04 Å². The normalized spacial score (nSPS) is 42.0. The Labute approximate surface area is 75.5 Å². The van der Waals surface area contributed by atoms with E-state index in [9.17, 15) is 9.59 Å². The molecule has 0 aromatic carbocycles. The number of carboxylic acid groups (broad SMARTS) is 1. The molecular weight excluding hydrogens is 170 g/mol. The Hall–Kier alpha value is -1.06. The summed E-state index contributed by atoms with van der Waals surface area (Å²) in [4.78, 5) is 24.2. The van der Waals surface area contributed by atoms with Gasteiger partial charge in [0.2, 0.25) is 5.91 Å². The lowest BCUT2D eigenvalue weighted by atomic mass is 10.2. The lowest BCUT2D eigenvalue weighted by Crippen LogP contribution is -2.43. The minimum absolute atomic E-state index is 0.0571. The van der Waals surface area contributed by atoms with E-state index in [0.29, 0.717) is 0 Å². The standard InChI is InChI=1S/C9H11NO3/c11-8-6-3-5(6)7(9(12)13)10(8)4-1-2-4/h4-7H,1-3H2,(H,12,13). The molecular formula is C9H11NO3. The summed E-state index contributed by atoms with van der Waals surface area (Å²) in [6.45, 7) is 0. The van der Waals surface area contributed by atoms with E-state index in [-0.39, 0.29) is 23.8 Å². The van der Waals surface area contributed by atoms with Gasteiger partial charge in [-0.1, -0.05) is 0 Å². The number of carboxylic acids is 1. The fourth-order valence-electron chi connectivity index (χ4n) is 2.44. The molecule has 2 aliphatic carbocycles. The first-order valence-corrected chi connectivity index (χ1v) is 4.75. The predicted octanol–water partition coefficient (Wildman–Crippen LogP) is 0.0803. The number of carbonyl (C=O) groups excluding carboxylic acids is 1. The molecule has 3 rings (SSSR count). The molecule has 1 saturated heterocycles. The first kappa shape index (κ1) is 7.35. The van der Waals surface area contributed by atoms with E-state index in [2.05, 4.69) is 0 Å². The molecule has 0 aromatic heterocycles. The van der Waals surface area contributed by atoms with E-state index in [0.717, 1.165) is 19.3 Å². The zero-order valence-electron chi connectivity index (χ0n) is 7.14. The van der Waals surface area contributed by atoms with Crippen molar-refractivity contribution < 1.29 is 14.7 Å². The monoisotopic (exact) mass is 181 g/mol. The summed E-state index contributed by atoms with van der Waals surface area (Å²) in [6, 6.07) is -0.244. The summed E-state index contributed by atoms with van der Waals surface area (Å²) in [6.07, 6.45) is 2.79. The van der Waals surface area contributed by atoms with Crippen LogP contribution in [0.4, 0.5) is 0 Å². The van der Waals surface area contributed by atoms with Crippen LogP contribution in [0.1, 0.15) is 19.3 Å². The molecule has 1 N–H and O–H groups in total. The highest BCUT2D eigenvalue weighted by atomic mass is 16.4. The fraction of sp³-hybridized carbons (Fsp3) is 0.778. The van der Waals surface area contributed by atoms with Crippen LogP contribution in [0.2, 0.25) is 0 Å². The Morgan fingerprint density at radius 2 is 2.15 bits per heavy atom. The summed E-state index contributed by atoms with van der Waals surface area (Å²) in [5.41, 5.74) is 0. The van der Waals surface area contributed by atoms with Crippen molar-refractivity contribution in [2.24, 2.45) is 11.8 Å². The zero-order valence-corrected chi connectivity index (χ0v) is 7.14. The van der Waals surface area contributed by atoms with Gasteiger partial charge in [-0.05, 0) is 19.3 Å². The number of likely N-dealkylation sites (tertiary alicyclic amines) is 1. The third-order valence-corrected chi connectivity index (χ3v) is 3.31. The molecule has 1 heterocycles. The highest BCUT2D eigenvalue weighted by Gasteiger charge is 2.63. The average Bonchev–Trinajstić information content (AvgIpc) is 2.93. The predicted molar refractivity (Wildman–Crippen MR) is 42.9 cm³/mol. The number of nitrogens with zero attached hydrogens (tertiary/aromatic N) is 1. The Balaban J connectivity index is 1.90. The van der Waals surface area contributed by atoms with Crippen LogP contribution < -0.4 is 0 Å². The van der Waals surface area contributed by atoms with Crippen molar-refractivity contribution in [1.82, 2.24) is 4.90 Å². The number of fused-ring (bicyclic) bond motifs is 1. The van der Waals surface area contributed by atoms with E-state index >= 15 is 0 Å². The molecule has 1 amide bonds. The molecule has 0 radical (unpaired) electrons. The molecule has 1 aliphatic heterocycles. The minimum Gasteiger partial charge on any atom is -0.480 e. The molecule has 4 nitrogen and oxygen atoms in total. The number of hydrogen-bond donors (Lipinski definition) is 1. The molecule has 13 heavy (non-hydrogen) atoms. The van der Waals surface area contributed by atoms with Crippen molar-refractivity contribution in [3.8, 4) is 0 Å². The second-order valence-electron chi connectivity index (χ2n) is 4.27. The van der Waals surface area contributed by atoms with Gasteiger partial charge in [-0.2, -0.15) is 0 Å². The maximum absolute atomic E-state index is 11.6. The average molecular weight is 181 g/mol. The molecule has 3 fully saturated rings. The summed E-state index contributed by atoms with van der Waals surface area (Å²) in [5.74, 6) is -0.530. The third-order valence-electron chi connectivity index (χ3n) is 3.31. The van der Waals surface area contributed by atoms with E-state index < -0.39 is 12.0 Å². The number of hydrogen-bond acceptors (Lipinski definition) is 2. The lowest BCUT2D eigenvalue weighted by molar-refractivity contribution is -0.148. The number of amides is 1. The van der Waals surface area contributed by atoms with E-state index in [1.54, 1.807) is 4.90 Å². The Kier molecular flexibility index (Phi) is 1.16. The highest BCUT2D eigenvalue weighted by Crippen LogP contribution is 2.53. The van der Waals surface area contributed by atoms with Gasteiger partial charge in [-0.15, -0.1) is 0 Å². The van der Waals surface area contributed by atoms with Gasteiger partial charge in [0.05, 0.1) is 0 Å². The molecule has 0 spiro atoms. The largest absolute Gasteiger partial charge is 0.480 e. The van der Waals surface area contributed by atoms with E-state index in [1.165, 1.54) is 0 Å². The maximum atomic E-state index is 11.6. The van der Waals surface area contributed by atoms with Crippen molar-refractivity contribution in [2.75, 3.05) is 0 Å². The molecule has 4 heteroatoms. The number of aliphatic carboxylic acids is 1. The molecule has 0 aromatic rings. The summed E-state index contributed by atoms with van der Waals surface area (Å²) in [5, 5.41) is 8.98. The number of piperidine rings is 1. The van der Waals surface area contributed by atoms with Crippen LogP contribution in [0.25, 0.3) is 0 Å². The van der Waals surface area contributed by atoms with Gasteiger partial charge in [0.15, 0.2) is 0 Å². The highest BCUT2D eigenvalue weighted by molar-refractivity contribution is 5.93. The maximum Gasteiger partial charge on any atom is 0.326 e. The first-order chi connectivity index (χ1) is 6.20. The van der Waals surface area contributed by atoms with Gasteiger partial charge >= 0.3 is 5.97 Å². The molecule has 3 aliphatic rings. The van der Waals surface area contributed by atoms with Crippen molar-refractivity contribution in [1.29, 1.82) is 0 Å². The summed E-state index contributed by atoms with van der Waals surface area (Å²) in [7, 11) is 0. The molecule has 0 bridgehead atoms. The van der Waals surface area contributed by atoms with Gasteiger partial charge in [0, 0.05) is 17.9 Å². The van der Waals surface area contributed by atoms with Crippen LogP contribution in [-0.4, -0.2) is 34.0 Å². The van der Waals surface area contributed by atoms with Gasteiger partial charge < -0.3 is 10.0 Å². The van der Waals surface area contributed by atoms with Crippen LogP contribution in [0, 0.1) is 11.8 Å².